The van der Waals surface area contributed by atoms with Crippen molar-refractivity contribution in [1.82, 2.24) is 0 Å². The molecule has 0 radical (unpaired) electrons. The second-order valence-electron chi connectivity index (χ2n) is 9.02. The quantitative estimate of drug-likeness (QED) is 0.649. The van der Waals surface area contributed by atoms with E-state index in [4.69, 9.17) is 0 Å². The molecule has 2 aliphatic heterocycles. The van der Waals surface area contributed by atoms with E-state index >= 15 is 0 Å². The summed E-state index contributed by atoms with van der Waals surface area (Å²) in [6.07, 6.45) is 8.40. The minimum absolute atomic E-state index is 1.18. The Bertz CT molecular complexity index is 814. The first kappa shape index (κ1) is 18.1. The molecule has 28 heavy (non-hydrogen) atoms. The first-order chi connectivity index (χ1) is 13.9. The number of fused-ring (bicyclic) bond motifs is 2. The lowest BCUT2D eigenvalue weighted by Crippen LogP contribution is -3.11. The van der Waals surface area contributed by atoms with Crippen molar-refractivity contribution in [3.63, 3.8) is 0 Å². The SMILES string of the molecule is c1ccc2c(C[NH+]3CCCCC3)c3ccccc3c(C[NH+]3CCCCC3)c2c1. The molecule has 5 rings (SSSR count). The Morgan fingerprint density at radius 1 is 0.464 bits per heavy atom. The summed E-state index contributed by atoms with van der Waals surface area (Å²) < 4.78 is 0. The van der Waals surface area contributed by atoms with Crippen LogP contribution in [0.1, 0.15) is 49.7 Å². The molecule has 146 valence electrons. The Labute approximate surface area is 169 Å². The van der Waals surface area contributed by atoms with Crippen LogP contribution in [0.25, 0.3) is 21.5 Å². The van der Waals surface area contributed by atoms with Gasteiger partial charge in [0.15, 0.2) is 0 Å². The van der Waals surface area contributed by atoms with E-state index in [1.165, 1.54) is 99.3 Å². The predicted octanol–water partition coefficient (Wildman–Crippen LogP) is 3.13. The summed E-state index contributed by atoms with van der Waals surface area (Å²) in [5.41, 5.74) is 3.17. The van der Waals surface area contributed by atoms with Gasteiger partial charge in [-0.2, -0.15) is 0 Å². The number of piperidine rings is 2. The molecule has 2 nitrogen and oxygen atoms in total. The summed E-state index contributed by atoms with van der Waals surface area (Å²) in [7, 11) is 0. The molecule has 2 saturated heterocycles. The molecule has 0 amide bonds. The number of likely N-dealkylation sites (tertiary alicyclic amines) is 2. The number of quaternary nitrogens is 2. The van der Waals surface area contributed by atoms with Gasteiger partial charge in [0.25, 0.3) is 0 Å². The monoisotopic (exact) mass is 374 g/mol. The van der Waals surface area contributed by atoms with Crippen LogP contribution in [0.4, 0.5) is 0 Å². The van der Waals surface area contributed by atoms with Gasteiger partial charge < -0.3 is 9.80 Å². The summed E-state index contributed by atoms with van der Waals surface area (Å²) in [6, 6.07) is 18.5. The molecule has 0 aromatic heterocycles. The first-order valence-corrected chi connectivity index (χ1v) is 11.5. The molecular weight excluding hydrogens is 340 g/mol. The van der Waals surface area contributed by atoms with Crippen LogP contribution in [-0.4, -0.2) is 26.2 Å². The highest BCUT2D eigenvalue weighted by Crippen LogP contribution is 2.32. The van der Waals surface area contributed by atoms with Gasteiger partial charge in [-0.25, -0.2) is 0 Å². The lowest BCUT2D eigenvalue weighted by atomic mass is 9.90. The van der Waals surface area contributed by atoms with E-state index in [2.05, 4.69) is 48.5 Å². The van der Waals surface area contributed by atoms with Gasteiger partial charge in [0, 0.05) is 11.1 Å². The molecule has 0 aliphatic carbocycles. The van der Waals surface area contributed by atoms with Crippen LogP contribution in [0.3, 0.4) is 0 Å². The molecule has 0 saturated carbocycles. The summed E-state index contributed by atoms with van der Waals surface area (Å²) >= 11 is 0. The minimum atomic E-state index is 1.18. The Morgan fingerprint density at radius 2 is 0.786 bits per heavy atom. The molecule has 3 aromatic rings. The molecule has 2 aliphatic rings. The van der Waals surface area contributed by atoms with Crippen molar-refractivity contribution >= 4 is 21.5 Å². The van der Waals surface area contributed by atoms with Crippen molar-refractivity contribution in [2.24, 2.45) is 0 Å². The standard InChI is InChI=1S/C26H32N2/c1-7-15-27(16-8-1)19-25-21-11-3-5-13-23(21)26(20-28-17-9-2-10-18-28)24-14-6-4-12-22(24)25/h3-6,11-14H,1-2,7-10,15-20H2/p+2. The number of benzene rings is 3. The maximum absolute atomic E-state index is 2.38. The molecule has 3 aromatic carbocycles. The number of hydrogen-bond donors (Lipinski definition) is 2. The summed E-state index contributed by atoms with van der Waals surface area (Å²) in [4.78, 5) is 3.55. The van der Waals surface area contributed by atoms with E-state index in [0.29, 0.717) is 0 Å². The average molecular weight is 375 g/mol. The Kier molecular flexibility index (Phi) is 5.33. The normalized spacial score (nSPS) is 19.4. The van der Waals surface area contributed by atoms with Crippen molar-refractivity contribution in [1.29, 1.82) is 0 Å². The van der Waals surface area contributed by atoms with Gasteiger partial charge in [-0.05, 0) is 60.1 Å². The zero-order valence-electron chi connectivity index (χ0n) is 17.1. The zero-order valence-corrected chi connectivity index (χ0v) is 17.1. The van der Waals surface area contributed by atoms with Gasteiger partial charge in [0.05, 0.1) is 26.2 Å². The highest BCUT2D eigenvalue weighted by Gasteiger charge is 2.22. The number of rotatable bonds is 4. The van der Waals surface area contributed by atoms with Crippen LogP contribution in [0.2, 0.25) is 0 Å². The fourth-order valence-electron chi connectivity index (χ4n) is 5.65. The van der Waals surface area contributed by atoms with E-state index < -0.39 is 0 Å². The summed E-state index contributed by atoms with van der Waals surface area (Å²) in [5, 5.41) is 6.02. The average Bonchev–Trinajstić information content (AvgIpc) is 2.77. The van der Waals surface area contributed by atoms with E-state index in [1.807, 2.05) is 0 Å². The van der Waals surface area contributed by atoms with Gasteiger partial charge >= 0.3 is 0 Å². The summed E-state index contributed by atoms with van der Waals surface area (Å²) in [6.45, 7) is 7.70. The van der Waals surface area contributed by atoms with Crippen LogP contribution < -0.4 is 9.80 Å². The maximum atomic E-state index is 2.38. The Balaban J connectivity index is 1.64. The molecule has 0 atom stereocenters. The number of hydrogen-bond acceptors (Lipinski definition) is 0. The van der Waals surface area contributed by atoms with Crippen molar-refractivity contribution in [2.75, 3.05) is 26.2 Å². The third-order valence-electron chi connectivity index (χ3n) is 7.13. The van der Waals surface area contributed by atoms with Gasteiger partial charge in [-0.1, -0.05) is 48.5 Å². The molecular formula is C26H34N2+2. The second kappa shape index (κ2) is 8.23. The van der Waals surface area contributed by atoms with Gasteiger partial charge in [-0.15, -0.1) is 0 Å². The lowest BCUT2D eigenvalue weighted by Gasteiger charge is -2.27. The van der Waals surface area contributed by atoms with Crippen LogP contribution in [0.15, 0.2) is 48.5 Å². The molecule has 0 spiro atoms. The third kappa shape index (κ3) is 3.56. The Hall–Kier alpha value is -1.90. The van der Waals surface area contributed by atoms with Crippen LogP contribution in [0, 0.1) is 0 Å². The molecule has 2 heterocycles. The first-order valence-electron chi connectivity index (χ1n) is 11.5. The molecule has 2 heteroatoms. The molecule has 0 bridgehead atoms. The maximum Gasteiger partial charge on any atom is 0.104 e. The lowest BCUT2D eigenvalue weighted by molar-refractivity contribution is -0.918. The molecule has 2 fully saturated rings. The van der Waals surface area contributed by atoms with Crippen molar-refractivity contribution in [3.05, 3.63) is 59.7 Å². The number of nitrogens with one attached hydrogen (secondary N) is 2. The molecule has 0 unspecified atom stereocenters. The van der Waals surface area contributed by atoms with Crippen LogP contribution in [-0.2, 0) is 13.1 Å². The van der Waals surface area contributed by atoms with Gasteiger partial charge in [0.1, 0.15) is 13.1 Å². The van der Waals surface area contributed by atoms with Crippen molar-refractivity contribution in [2.45, 2.75) is 51.6 Å². The largest absolute Gasteiger partial charge is 0.331 e. The van der Waals surface area contributed by atoms with E-state index in [0.717, 1.165) is 0 Å². The van der Waals surface area contributed by atoms with Crippen molar-refractivity contribution < 1.29 is 9.80 Å². The highest BCUT2D eigenvalue weighted by atomic mass is 15.1. The zero-order chi connectivity index (χ0) is 18.8. The smallest absolute Gasteiger partial charge is 0.104 e. The van der Waals surface area contributed by atoms with Crippen LogP contribution in [0.5, 0.6) is 0 Å². The van der Waals surface area contributed by atoms with E-state index in [9.17, 15) is 0 Å². The van der Waals surface area contributed by atoms with Gasteiger partial charge in [-0.3, -0.25) is 0 Å². The van der Waals surface area contributed by atoms with Crippen LogP contribution >= 0.6 is 0 Å². The fourth-order valence-corrected chi connectivity index (χ4v) is 5.65. The van der Waals surface area contributed by atoms with Crippen molar-refractivity contribution in [3.8, 4) is 0 Å². The second-order valence-corrected chi connectivity index (χ2v) is 9.02. The van der Waals surface area contributed by atoms with Gasteiger partial charge in [0.2, 0.25) is 0 Å². The topological polar surface area (TPSA) is 8.88 Å². The summed E-state index contributed by atoms with van der Waals surface area (Å²) in [5.74, 6) is 0. The third-order valence-corrected chi connectivity index (χ3v) is 7.13. The van der Waals surface area contributed by atoms with E-state index in [-0.39, 0.29) is 0 Å². The highest BCUT2D eigenvalue weighted by molar-refractivity contribution is 6.05. The fraction of sp³-hybridized carbons (Fsp3) is 0.462. The molecule has 2 N–H and O–H groups in total. The van der Waals surface area contributed by atoms with E-state index in [1.54, 1.807) is 20.9 Å². The minimum Gasteiger partial charge on any atom is -0.331 e. The Morgan fingerprint density at radius 3 is 1.11 bits per heavy atom. The predicted molar refractivity (Wildman–Crippen MR) is 118 cm³/mol.